The molecule has 31 heavy (non-hydrogen) atoms. The average molecular weight is 443 g/mol. The van der Waals surface area contributed by atoms with Gasteiger partial charge in [0, 0.05) is 17.7 Å². The van der Waals surface area contributed by atoms with Gasteiger partial charge in [-0.25, -0.2) is 0 Å². The molecule has 0 saturated heterocycles. The van der Waals surface area contributed by atoms with E-state index in [0.29, 0.717) is 28.1 Å². The number of aromatic nitrogens is 1. The summed E-state index contributed by atoms with van der Waals surface area (Å²) in [6.45, 7) is 2.44. The number of carbonyl (C=O) groups is 2. The van der Waals surface area contributed by atoms with Crippen LogP contribution in [0.5, 0.6) is 5.75 Å². The topological polar surface area (TPSA) is 113 Å². The van der Waals surface area contributed by atoms with Crippen LogP contribution in [0.1, 0.15) is 30.1 Å². The predicted octanol–water partition coefficient (Wildman–Crippen LogP) is 3.70. The number of methoxy groups -OCH3 is 1. The van der Waals surface area contributed by atoms with Gasteiger partial charge in [0.2, 0.25) is 0 Å². The van der Waals surface area contributed by atoms with Gasteiger partial charge in [0.25, 0.3) is 11.6 Å². The molecule has 10 heteroatoms. The highest BCUT2D eigenvalue weighted by atomic mass is 32.1. The zero-order valence-corrected chi connectivity index (χ0v) is 17.9. The Hall–Kier alpha value is -3.53. The summed E-state index contributed by atoms with van der Waals surface area (Å²) in [4.78, 5) is 39.7. The van der Waals surface area contributed by atoms with Gasteiger partial charge in [-0.1, -0.05) is 30.7 Å². The van der Waals surface area contributed by atoms with Crippen LogP contribution in [0.15, 0.2) is 47.5 Å². The Morgan fingerprint density at radius 1 is 1.23 bits per heavy atom. The minimum atomic E-state index is -0.529. The Morgan fingerprint density at radius 2 is 2.03 bits per heavy atom. The van der Waals surface area contributed by atoms with E-state index in [4.69, 9.17) is 9.47 Å². The summed E-state index contributed by atoms with van der Waals surface area (Å²) in [7, 11) is 1.26. The van der Waals surface area contributed by atoms with Crippen molar-refractivity contribution in [3.05, 3.63) is 62.9 Å². The molecule has 1 heterocycles. The largest absolute Gasteiger partial charge is 0.494 e. The van der Waals surface area contributed by atoms with E-state index in [1.807, 2.05) is 0 Å². The molecular formula is C21H21N3O6S. The van der Waals surface area contributed by atoms with E-state index >= 15 is 0 Å². The number of thiazole rings is 1. The lowest BCUT2D eigenvalue weighted by atomic mass is 10.2. The van der Waals surface area contributed by atoms with Crippen molar-refractivity contribution in [2.75, 3.05) is 13.7 Å². The summed E-state index contributed by atoms with van der Waals surface area (Å²) in [5, 5.41) is 11.1. The van der Waals surface area contributed by atoms with Gasteiger partial charge in [-0.2, -0.15) is 4.99 Å². The van der Waals surface area contributed by atoms with E-state index in [1.54, 1.807) is 24.3 Å². The Balaban J connectivity index is 2.02. The number of hydrogen-bond acceptors (Lipinski definition) is 7. The highest BCUT2D eigenvalue weighted by Crippen LogP contribution is 2.23. The molecule has 3 aromatic rings. The van der Waals surface area contributed by atoms with Crippen LogP contribution >= 0.6 is 11.3 Å². The highest BCUT2D eigenvalue weighted by Gasteiger charge is 2.15. The number of rotatable bonds is 8. The molecule has 0 bridgehead atoms. The Labute approximate surface area is 181 Å². The molecule has 0 aliphatic carbocycles. The summed E-state index contributed by atoms with van der Waals surface area (Å²) in [5.74, 6) is -0.470. The lowest BCUT2D eigenvalue weighted by Crippen LogP contribution is -2.22. The summed E-state index contributed by atoms with van der Waals surface area (Å²) < 4.78 is 12.4. The molecule has 0 radical (unpaired) electrons. The minimum Gasteiger partial charge on any atom is -0.494 e. The Bertz CT molecular complexity index is 1200. The molecule has 0 unspecified atom stereocenters. The number of non-ortho nitro benzene ring substituents is 1. The van der Waals surface area contributed by atoms with Crippen LogP contribution in [0.2, 0.25) is 0 Å². The lowest BCUT2D eigenvalue weighted by Gasteiger charge is -2.06. The van der Waals surface area contributed by atoms with Crippen LogP contribution in [0.3, 0.4) is 0 Å². The molecule has 162 valence electrons. The zero-order chi connectivity index (χ0) is 22.4. The third kappa shape index (κ3) is 5.34. The Kier molecular flexibility index (Phi) is 7.14. The molecule has 0 N–H and O–H groups in total. The summed E-state index contributed by atoms with van der Waals surface area (Å²) in [6, 6.07) is 11.0. The third-order valence-corrected chi connectivity index (χ3v) is 5.48. The fourth-order valence-corrected chi connectivity index (χ4v) is 3.87. The van der Waals surface area contributed by atoms with Gasteiger partial charge < -0.3 is 14.0 Å². The van der Waals surface area contributed by atoms with Gasteiger partial charge in [0.05, 0.1) is 28.9 Å². The third-order valence-electron chi connectivity index (χ3n) is 4.44. The number of fused-ring (bicyclic) bond motifs is 1. The maximum atomic E-state index is 12.8. The zero-order valence-electron chi connectivity index (χ0n) is 17.1. The van der Waals surface area contributed by atoms with Crippen molar-refractivity contribution in [2.45, 2.75) is 26.3 Å². The maximum Gasteiger partial charge on any atom is 0.325 e. The molecule has 0 saturated carbocycles. The van der Waals surface area contributed by atoms with Crippen molar-refractivity contribution in [3.63, 3.8) is 0 Å². The van der Waals surface area contributed by atoms with Crippen LogP contribution in [-0.4, -0.2) is 35.1 Å². The van der Waals surface area contributed by atoms with Crippen molar-refractivity contribution in [3.8, 4) is 5.75 Å². The number of nitro groups is 1. The fourth-order valence-electron chi connectivity index (χ4n) is 2.81. The van der Waals surface area contributed by atoms with Crippen LogP contribution in [0.4, 0.5) is 5.69 Å². The van der Waals surface area contributed by atoms with Gasteiger partial charge in [-0.05, 0) is 30.7 Å². The number of hydrogen-bond donors (Lipinski definition) is 0. The lowest BCUT2D eigenvalue weighted by molar-refractivity contribution is -0.384. The number of amides is 1. The number of carbonyl (C=O) groups excluding carboxylic acids is 2. The number of benzene rings is 2. The number of esters is 1. The second-order valence-electron chi connectivity index (χ2n) is 6.60. The van der Waals surface area contributed by atoms with E-state index in [-0.39, 0.29) is 17.0 Å². The second kappa shape index (κ2) is 9.98. The summed E-state index contributed by atoms with van der Waals surface area (Å²) in [5.41, 5.74) is 0.792. The van der Waals surface area contributed by atoms with Gasteiger partial charge in [-0.15, -0.1) is 0 Å². The number of nitrogens with zero attached hydrogens (tertiary/aromatic N) is 3. The first-order valence-corrected chi connectivity index (χ1v) is 10.4. The van der Waals surface area contributed by atoms with E-state index in [0.717, 1.165) is 24.2 Å². The van der Waals surface area contributed by atoms with Gasteiger partial charge in [0.1, 0.15) is 12.3 Å². The number of ether oxygens (including phenoxy) is 2. The van der Waals surface area contributed by atoms with E-state index in [1.165, 1.54) is 29.9 Å². The molecule has 2 aromatic carbocycles. The van der Waals surface area contributed by atoms with Gasteiger partial charge in [-0.3, -0.25) is 19.7 Å². The van der Waals surface area contributed by atoms with Gasteiger partial charge >= 0.3 is 5.97 Å². The summed E-state index contributed by atoms with van der Waals surface area (Å²) in [6.07, 6.45) is 1.91. The maximum absolute atomic E-state index is 12.8. The van der Waals surface area contributed by atoms with E-state index in [2.05, 4.69) is 11.9 Å². The molecule has 0 aliphatic rings. The molecule has 9 nitrogen and oxygen atoms in total. The average Bonchev–Trinajstić information content (AvgIpc) is 3.10. The minimum absolute atomic E-state index is 0.0891. The number of nitro benzene ring substituents is 1. The van der Waals surface area contributed by atoms with Crippen molar-refractivity contribution >= 4 is 39.1 Å². The predicted molar refractivity (Wildman–Crippen MR) is 115 cm³/mol. The van der Waals surface area contributed by atoms with E-state index in [9.17, 15) is 19.7 Å². The molecule has 0 aliphatic heterocycles. The standard InChI is InChI=1S/C21H21N3O6S/c1-3-4-10-30-16-7-5-6-14(11-16)20(26)22-21-23(13-19(25)29-2)17-9-8-15(24(27)28)12-18(17)31-21/h5-9,11-12H,3-4,10,13H2,1-2H3. The van der Waals surface area contributed by atoms with Crippen LogP contribution < -0.4 is 9.54 Å². The fraction of sp³-hybridized carbons (Fsp3) is 0.286. The monoisotopic (exact) mass is 443 g/mol. The normalized spacial score (nSPS) is 11.5. The second-order valence-corrected chi connectivity index (χ2v) is 7.61. The molecule has 0 atom stereocenters. The van der Waals surface area contributed by atoms with Crippen molar-refractivity contribution < 1.29 is 24.0 Å². The molecule has 3 rings (SSSR count). The SMILES string of the molecule is CCCCOc1cccc(C(=O)N=c2sc3cc([N+](=O)[O-])ccc3n2CC(=O)OC)c1. The molecule has 1 amide bonds. The Morgan fingerprint density at radius 3 is 2.74 bits per heavy atom. The van der Waals surface area contributed by atoms with E-state index < -0.39 is 16.8 Å². The molecular weight excluding hydrogens is 422 g/mol. The molecule has 1 aromatic heterocycles. The quantitative estimate of drug-likeness (QED) is 0.227. The molecule has 0 fully saturated rings. The highest BCUT2D eigenvalue weighted by molar-refractivity contribution is 7.16. The van der Waals surface area contributed by atoms with Crippen molar-refractivity contribution in [1.82, 2.24) is 4.57 Å². The van der Waals surface area contributed by atoms with Gasteiger partial charge in [0.15, 0.2) is 4.80 Å². The molecule has 0 spiro atoms. The first-order chi connectivity index (χ1) is 14.9. The van der Waals surface area contributed by atoms with Crippen LogP contribution in [0, 0.1) is 10.1 Å². The van der Waals surface area contributed by atoms with Crippen LogP contribution in [-0.2, 0) is 16.1 Å². The van der Waals surface area contributed by atoms with Crippen molar-refractivity contribution in [1.29, 1.82) is 0 Å². The van der Waals surface area contributed by atoms with Crippen molar-refractivity contribution in [2.24, 2.45) is 4.99 Å². The smallest absolute Gasteiger partial charge is 0.325 e. The first kappa shape index (κ1) is 22.2. The first-order valence-electron chi connectivity index (χ1n) is 9.59. The number of unbranched alkanes of at least 4 members (excludes halogenated alkanes) is 1. The summed E-state index contributed by atoms with van der Waals surface area (Å²) >= 11 is 1.08. The van der Waals surface area contributed by atoms with Crippen LogP contribution in [0.25, 0.3) is 10.2 Å².